The smallest absolute Gasteiger partial charge is 0.407 e. The predicted octanol–water partition coefficient (Wildman–Crippen LogP) is 3.72. The van der Waals surface area contributed by atoms with E-state index in [4.69, 9.17) is 4.74 Å². The Morgan fingerprint density at radius 3 is 2.10 bits per heavy atom. The van der Waals surface area contributed by atoms with Crippen molar-refractivity contribution in [2.24, 2.45) is 0 Å². The molecule has 0 aromatic heterocycles. The van der Waals surface area contributed by atoms with Gasteiger partial charge in [-0.05, 0) is 44.5 Å². The highest BCUT2D eigenvalue weighted by Crippen LogP contribution is 2.16. The molecule has 0 saturated carbocycles. The minimum absolute atomic E-state index is 0.101. The molecular formula is C22H27N3O4. The van der Waals surface area contributed by atoms with Crippen molar-refractivity contribution >= 4 is 29.3 Å². The van der Waals surface area contributed by atoms with Crippen molar-refractivity contribution in [2.75, 3.05) is 17.2 Å². The number of alkyl carbamates (subject to hydrolysis) is 1. The molecule has 0 saturated heterocycles. The minimum atomic E-state index is -0.586. The van der Waals surface area contributed by atoms with Gasteiger partial charge < -0.3 is 20.7 Å². The van der Waals surface area contributed by atoms with Gasteiger partial charge in [0.25, 0.3) is 0 Å². The zero-order valence-corrected chi connectivity index (χ0v) is 17.0. The first-order valence-corrected chi connectivity index (χ1v) is 9.42. The minimum Gasteiger partial charge on any atom is -0.444 e. The van der Waals surface area contributed by atoms with E-state index in [-0.39, 0.29) is 31.2 Å². The van der Waals surface area contributed by atoms with Crippen molar-refractivity contribution in [3.8, 4) is 0 Å². The molecule has 0 spiro atoms. The standard InChI is InChI=1S/C22H27N3O4/c1-22(2,3)29-21(28)23-13-12-19(26)24-17-10-7-11-18(15-17)25-20(27)14-16-8-5-4-6-9-16/h4-11,15H,12-14H2,1-3H3,(H,23,28)(H,24,26)(H,25,27). The van der Waals surface area contributed by atoms with E-state index in [9.17, 15) is 14.4 Å². The van der Waals surface area contributed by atoms with Crippen LogP contribution in [-0.4, -0.2) is 30.1 Å². The van der Waals surface area contributed by atoms with Gasteiger partial charge in [0.05, 0.1) is 6.42 Å². The van der Waals surface area contributed by atoms with Gasteiger partial charge >= 0.3 is 6.09 Å². The number of rotatable bonds is 7. The van der Waals surface area contributed by atoms with Crippen LogP contribution in [0.3, 0.4) is 0 Å². The van der Waals surface area contributed by atoms with Crippen LogP contribution in [0.25, 0.3) is 0 Å². The van der Waals surface area contributed by atoms with Gasteiger partial charge in [-0.25, -0.2) is 4.79 Å². The zero-order chi connectivity index (χ0) is 21.3. The largest absolute Gasteiger partial charge is 0.444 e. The number of carbonyl (C=O) groups excluding carboxylic acids is 3. The molecule has 2 aromatic rings. The topological polar surface area (TPSA) is 96.5 Å². The molecule has 3 N–H and O–H groups in total. The summed E-state index contributed by atoms with van der Waals surface area (Å²) in [6.45, 7) is 5.47. The van der Waals surface area contributed by atoms with Gasteiger partial charge in [-0.15, -0.1) is 0 Å². The quantitative estimate of drug-likeness (QED) is 0.663. The summed E-state index contributed by atoms with van der Waals surface area (Å²) in [5.74, 6) is -0.393. The number of hydrogen-bond acceptors (Lipinski definition) is 4. The summed E-state index contributed by atoms with van der Waals surface area (Å²) >= 11 is 0. The number of carbonyl (C=O) groups is 3. The second-order valence-electron chi connectivity index (χ2n) is 7.52. The van der Waals surface area contributed by atoms with E-state index in [0.717, 1.165) is 5.56 Å². The molecular weight excluding hydrogens is 370 g/mol. The molecule has 3 amide bonds. The Bertz CT molecular complexity index is 845. The van der Waals surface area contributed by atoms with Crippen molar-refractivity contribution in [1.29, 1.82) is 0 Å². The van der Waals surface area contributed by atoms with E-state index < -0.39 is 11.7 Å². The van der Waals surface area contributed by atoms with E-state index in [0.29, 0.717) is 11.4 Å². The first-order chi connectivity index (χ1) is 13.7. The third kappa shape index (κ3) is 8.92. The Kier molecular flexibility index (Phi) is 7.77. The van der Waals surface area contributed by atoms with Crippen LogP contribution in [-0.2, 0) is 20.7 Å². The lowest BCUT2D eigenvalue weighted by atomic mass is 10.1. The molecule has 2 rings (SSSR count). The number of ether oxygens (including phenoxy) is 1. The molecule has 0 fully saturated rings. The highest BCUT2D eigenvalue weighted by molar-refractivity contribution is 5.95. The number of nitrogens with one attached hydrogen (secondary N) is 3. The molecule has 2 aromatic carbocycles. The highest BCUT2D eigenvalue weighted by atomic mass is 16.6. The average molecular weight is 397 g/mol. The van der Waals surface area contributed by atoms with Crippen LogP contribution in [0.2, 0.25) is 0 Å². The number of hydrogen-bond donors (Lipinski definition) is 3. The van der Waals surface area contributed by atoms with E-state index in [1.807, 2.05) is 30.3 Å². The van der Waals surface area contributed by atoms with Crippen LogP contribution < -0.4 is 16.0 Å². The summed E-state index contributed by atoms with van der Waals surface area (Å²) in [6, 6.07) is 16.4. The van der Waals surface area contributed by atoms with Crippen molar-refractivity contribution < 1.29 is 19.1 Å². The fourth-order valence-electron chi connectivity index (χ4n) is 2.48. The van der Waals surface area contributed by atoms with Crippen molar-refractivity contribution in [1.82, 2.24) is 5.32 Å². The van der Waals surface area contributed by atoms with E-state index >= 15 is 0 Å². The lowest BCUT2D eigenvalue weighted by Crippen LogP contribution is -2.34. The second-order valence-corrected chi connectivity index (χ2v) is 7.52. The van der Waals surface area contributed by atoms with Gasteiger partial charge in [0.1, 0.15) is 5.60 Å². The first kappa shape index (κ1) is 21.9. The van der Waals surface area contributed by atoms with Crippen molar-refractivity contribution in [3.63, 3.8) is 0 Å². The monoisotopic (exact) mass is 397 g/mol. The predicted molar refractivity (Wildman–Crippen MR) is 113 cm³/mol. The molecule has 0 aliphatic carbocycles. The van der Waals surface area contributed by atoms with E-state index in [2.05, 4.69) is 16.0 Å². The van der Waals surface area contributed by atoms with Crippen LogP contribution in [0, 0.1) is 0 Å². The third-order valence-electron chi connectivity index (χ3n) is 3.66. The number of anilines is 2. The van der Waals surface area contributed by atoms with Crippen molar-refractivity contribution in [2.45, 2.75) is 39.2 Å². The zero-order valence-electron chi connectivity index (χ0n) is 17.0. The van der Waals surface area contributed by atoms with Crippen LogP contribution in [0.15, 0.2) is 54.6 Å². The summed E-state index contributed by atoms with van der Waals surface area (Å²) in [5.41, 5.74) is 1.49. The number of benzene rings is 2. The number of amides is 3. The van der Waals surface area contributed by atoms with Gasteiger partial charge in [0.15, 0.2) is 0 Å². The van der Waals surface area contributed by atoms with Gasteiger partial charge in [-0.2, -0.15) is 0 Å². The SMILES string of the molecule is CC(C)(C)OC(=O)NCCC(=O)Nc1cccc(NC(=O)Cc2ccccc2)c1. The fraction of sp³-hybridized carbons (Fsp3) is 0.318. The summed E-state index contributed by atoms with van der Waals surface area (Å²) in [5, 5.41) is 8.10. The Labute approximate surface area is 170 Å². The Balaban J connectivity index is 1.79. The molecule has 7 nitrogen and oxygen atoms in total. The third-order valence-corrected chi connectivity index (χ3v) is 3.66. The molecule has 0 radical (unpaired) electrons. The van der Waals surface area contributed by atoms with Crippen LogP contribution in [0.4, 0.5) is 16.2 Å². The Morgan fingerprint density at radius 2 is 1.48 bits per heavy atom. The molecule has 0 aliphatic heterocycles. The summed E-state index contributed by atoms with van der Waals surface area (Å²) < 4.78 is 5.11. The maximum absolute atomic E-state index is 12.2. The van der Waals surface area contributed by atoms with E-state index in [1.165, 1.54) is 0 Å². The molecule has 154 valence electrons. The Morgan fingerprint density at radius 1 is 0.862 bits per heavy atom. The summed E-state index contributed by atoms with van der Waals surface area (Å²) in [7, 11) is 0. The van der Waals surface area contributed by atoms with Gasteiger partial charge in [-0.1, -0.05) is 36.4 Å². The van der Waals surface area contributed by atoms with Crippen LogP contribution in [0.5, 0.6) is 0 Å². The lowest BCUT2D eigenvalue weighted by Gasteiger charge is -2.19. The van der Waals surface area contributed by atoms with E-state index in [1.54, 1.807) is 45.0 Å². The molecule has 29 heavy (non-hydrogen) atoms. The second kappa shape index (κ2) is 10.3. The Hall–Kier alpha value is -3.35. The lowest BCUT2D eigenvalue weighted by molar-refractivity contribution is -0.116. The average Bonchev–Trinajstić information content (AvgIpc) is 2.61. The van der Waals surface area contributed by atoms with Crippen molar-refractivity contribution in [3.05, 3.63) is 60.2 Å². The maximum Gasteiger partial charge on any atom is 0.407 e. The van der Waals surface area contributed by atoms with Gasteiger partial charge in [0, 0.05) is 24.3 Å². The normalized spacial score (nSPS) is 10.7. The maximum atomic E-state index is 12.2. The molecule has 7 heteroatoms. The molecule has 0 aliphatic rings. The molecule has 0 unspecified atom stereocenters. The molecule has 0 heterocycles. The van der Waals surface area contributed by atoms with Gasteiger partial charge in [-0.3, -0.25) is 9.59 Å². The summed E-state index contributed by atoms with van der Waals surface area (Å²) in [6.07, 6.45) is -0.189. The summed E-state index contributed by atoms with van der Waals surface area (Å²) in [4.78, 5) is 35.8. The molecule has 0 atom stereocenters. The first-order valence-electron chi connectivity index (χ1n) is 9.42. The highest BCUT2D eigenvalue weighted by Gasteiger charge is 2.16. The fourth-order valence-corrected chi connectivity index (χ4v) is 2.48. The van der Waals surface area contributed by atoms with Crippen LogP contribution in [0.1, 0.15) is 32.8 Å². The van der Waals surface area contributed by atoms with Gasteiger partial charge in [0.2, 0.25) is 11.8 Å². The van der Waals surface area contributed by atoms with Crippen LogP contribution >= 0.6 is 0 Å². The molecule has 0 bridgehead atoms.